The Labute approximate surface area is 135 Å². The molecule has 8 nitrogen and oxygen atoms in total. The molecule has 1 unspecified atom stereocenters. The Morgan fingerprint density at radius 1 is 1.26 bits per heavy atom. The molecule has 1 aliphatic rings. The normalized spacial score (nSPS) is 18.6. The molecule has 1 heterocycles. The van der Waals surface area contributed by atoms with Crippen LogP contribution in [0.15, 0.2) is 28.2 Å². The lowest BCUT2D eigenvalue weighted by atomic mass is 9.99. The predicted octanol–water partition coefficient (Wildman–Crippen LogP) is 0.241. The van der Waals surface area contributed by atoms with E-state index in [1.807, 2.05) is 6.07 Å². The van der Waals surface area contributed by atoms with E-state index < -0.39 is 5.91 Å². The molecule has 1 aromatic carbocycles. The van der Waals surface area contributed by atoms with Crippen LogP contribution in [0.25, 0.3) is 0 Å². The first-order chi connectivity index (χ1) is 10.9. The van der Waals surface area contributed by atoms with E-state index in [1.165, 1.54) is 6.42 Å². The van der Waals surface area contributed by atoms with Gasteiger partial charge >= 0.3 is 0 Å². The molecule has 1 aliphatic heterocycles. The third-order valence-electron chi connectivity index (χ3n) is 3.74. The molecule has 0 spiro atoms. The zero-order valence-electron chi connectivity index (χ0n) is 13.2. The van der Waals surface area contributed by atoms with E-state index in [2.05, 4.69) is 21.8 Å². The molecule has 1 fully saturated rings. The number of amides is 1. The van der Waals surface area contributed by atoms with E-state index in [0.29, 0.717) is 17.2 Å². The molecule has 1 saturated heterocycles. The largest absolute Gasteiger partial charge is 0.370 e. The number of hydrogen-bond acceptors (Lipinski definition) is 3. The molecule has 1 atom stereocenters. The summed E-state index contributed by atoms with van der Waals surface area (Å²) in [5, 5.41) is 0. The van der Waals surface area contributed by atoms with Gasteiger partial charge < -0.3 is 27.8 Å². The van der Waals surface area contributed by atoms with Gasteiger partial charge in [0.2, 0.25) is 11.9 Å². The number of primary amides is 1. The number of guanidine groups is 2. The Morgan fingerprint density at radius 3 is 2.61 bits per heavy atom. The van der Waals surface area contributed by atoms with Gasteiger partial charge in [-0.25, -0.2) is 4.99 Å². The van der Waals surface area contributed by atoms with Crippen molar-refractivity contribution in [3.63, 3.8) is 0 Å². The van der Waals surface area contributed by atoms with Gasteiger partial charge in [-0.15, -0.1) is 0 Å². The van der Waals surface area contributed by atoms with Gasteiger partial charge in [0.05, 0.1) is 11.4 Å². The van der Waals surface area contributed by atoms with Crippen LogP contribution in [0.3, 0.4) is 0 Å². The Kier molecular flexibility index (Phi) is 5.05. The quantitative estimate of drug-likeness (QED) is 0.465. The third-order valence-corrected chi connectivity index (χ3v) is 3.74. The molecule has 124 valence electrons. The van der Waals surface area contributed by atoms with Crippen LogP contribution in [-0.2, 0) is 0 Å². The lowest BCUT2D eigenvalue weighted by molar-refractivity contribution is 0.100. The Balaban J connectivity index is 2.44. The second kappa shape index (κ2) is 6.99. The molecular weight excluding hydrogens is 294 g/mol. The van der Waals surface area contributed by atoms with Gasteiger partial charge in [0.15, 0.2) is 5.96 Å². The summed E-state index contributed by atoms with van der Waals surface area (Å²) in [6.07, 6.45) is 2.30. The van der Waals surface area contributed by atoms with Crippen molar-refractivity contribution in [1.82, 2.24) is 0 Å². The van der Waals surface area contributed by atoms with E-state index >= 15 is 0 Å². The summed E-state index contributed by atoms with van der Waals surface area (Å²) >= 11 is 0. The number of nitrogens with two attached hydrogens (primary N) is 4. The first kappa shape index (κ1) is 16.6. The maximum atomic E-state index is 11.4. The molecule has 8 heteroatoms. The smallest absolute Gasteiger partial charge is 0.248 e. The van der Waals surface area contributed by atoms with Gasteiger partial charge in [-0.3, -0.25) is 4.79 Å². The number of carbonyl (C=O) groups is 1. The minimum Gasteiger partial charge on any atom is -0.370 e. The third kappa shape index (κ3) is 4.35. The molecule has 1 amide bonds. The molecule has 0 bridgehead atoms. The number of nitrogens with zero attached hydrogens (tertiary/aromatic N) is 3. The Morgan fingerprint density at radius 2 is 2.00 bits per heavy atom. The minimum atomic E-state index is -0.527. The number of benzene rings is 1. The summed E-state index contributed by atoms with van der Waals surface area (Å²) in [5.74, 6) is -0.185. The van der Waals surface area contributed by atoms with Crippen molar-refractivity contribution in [1.29, 1.82) is 0 Å². The minimum absolute atomic E-state index is 0.0714. The van der Waals surface area contributed by atoms with Crippen LogP contribution in [0.2, 0.25) is 0 Å². The number of aliphatic imine (C=N–C) groups is 2. The standard InChI is InChI=1S/C15H23N7O/c1-9-3-2-6-22(8-9)12-5-4-10(13(16)23)7-11(12)20-15(19)21-14(17)18/h4-5,7,9H,2-3,6,8H2,1H3,(H2,16,23)(H6,17,18,19,20,21). The highest BCUT2D eigenvalue weighted by atomic mass is 16.1. The highest BCUT2D eigenvalue weighted by molar-refractivity contribution is 5.97. The monoisotopic (exact) mass is 317 g/mol. The average molecular weight is 317 g/mol. The van der Waals surface area contributed by atoms with E-state index in [4.69, 9.17) is 22.9 Å². The van der Waals surface area contributed by atoms with Gasteiger partial charge in [-0.2, -0.15) is 4.99 Å². The van der Waals surface area contributed by atoms with Crippen molar-refractivity contribution in [3.05, 3.63) is 23.8 Å². The topological polar surface area (TPSA) is 149 Å². The van der Waals surface area contributed by atoms with Crippen LogP contribution in [0, 0.1) is 5.92 Å². The Hall–Kier alpha value is -2.77. The van der Waals surface area contributed by atoms with Crippen LogP contribution in [0.4, 0.5) is 11.4 Å². The van der Waals surface area contributed by atoms with Crippen LogP contribution in [-0.4, -0.2) is 30.9 Å². The van der Waals surface area contributed by atoms with Crippen molar-refractivity contribution in [2.24, 2.45) is 38.8 Å². The van der Waals surface area contributed by atoms with Crippen molar-refractivity contribution in [2.75, 3.05) is 18.0 Å². The lowest BCUT2D eigenvalue weighted by Crippen LogP contribution is -2.34. The second-order valence-electron chi connectivity index (χ2n) is 5.77. The predicted molar refractivity (Wildman–Crippen MR) is 92.7 cm³/mol. The molecule has 2 rings (SSSR count). The van der Waals surface area contributed by atoms with Gasteiger partial charge in [-0.05, 0) is 37.0 Å². The number of hydrogen-bond donors (Lipinski definition) is 4. The van der Waals surface area contributed by atoms with Crippen molar-refractivity contribution in [2.45, 2.75) is 19.8 Å². The zero-order valence-corrected chi connectivity index (χ0v) is 13.2. The van der Waals surface area contributed by atoms with Crippen molar-refractivity contribution in [3.8, 4) is 0 Å². The molecule has 0 saturated carbocycles. The lowest BCUT2D eigenvalue weighted by Gasteiger charge is -2.33. The fourth-order valence-electron chi connectivity index (χ4n) is 2.72. The molecule has 0 radical (unpaired) electrons. The highest BCUT2D eigenvalue weighted by Crippen LogP contribution is 2.33. The zero-order chi connectivity index (χ0) is 17.0. The van der Waals surface area contributed by atoms with E-state index in [-0.39, 0.29) is 11.9 Å². The first-order valence-corrected chi connectivity index (χ1v) is 7.49. The number of anilines is 1. The van der Waals surface area contributed by atoms with Crippen LogP contribution in [0.5, 0.6) is 0 Å². The second-order valence-corrected chi connectivity index (χ2v) is 5.77. The summed E-state index contributed by atoms with van der Waals surface area (Å²) in [5.41, 5.74) is 23.5. The summed E-state index contributed by atoms with van der Waals surface area (Å²) in [6, 6.07) is 5.12. The van der Waals surface area contributed by atoms with Crippen molar-refractivity contribution >= 4 is 29.2 Å². The number of carbonyl (C=O) groups excluding carboxylic acids is 1. The molecule has 0 aromatic heterocycles. The average Bonchev–Trinajstić information content (AvgIpc) is 2.46. The molecule has 0 aliphatic carbocycles. The maximum Gasteiger partial charge on any atom is 0.248 e. The molecule has 1 aromatic rings. The molecular formula is C15H23N7O. The van der Waals surface area contributed by atoms with Gasteiger partial charge in [-0.1, -0.05) is 6.92 Å². The summed E-state index contributed by atoms with van der Waals surface area (Å²) in [7, 11) is 0. The van der Waals surface area contributed by atoms with Crippen LogP contribution in [0.1, 0.15) is 30.1 Å². The van der Waals surface area contributed by atoms with E-state index in [0.717, 1.165) is 25.2 Å². The fraction of sp³-hybridized carbons (Fsp3) is 0.400. The van der Waals surface area contributed by atoms with Crippen LogP contribution < -0.4 is 27.8 Å². The maximum absolute atomic E-state index is 11.4. The van der Waals surface area contributed by atoms with E-state index in [9.17, 15) is 4.79 Å². The number of piperidine rings is 1. The Bertz CT molecular complexity index is 649. The summed E-state index contributed by atoms with van der Waals surface area (Å²) in [4.78, 5) is 21.6. The van der Waals surface area contributed by atoms with Gasteiger partial charge in [0, 0.05) is 18.7 Å². The fourth-order valence-corrected chi connectivity index (χ4v) is 2.72. The first-order valence-electron chi connectivity index (χ1n) is 7.49. The van der Waals surface area contributed by atoms with Crippen molar-refractivity contribution < 1.29 is 4.79 Å². The highest BCUT2D eigenvalue weighted by Gasteiger charge is 2.20. The van der Waals surface area contributed by atoms with Gasteiger partial charge in [0.1, 0.15) is 0 Å². The molecule has 8 N–H and O–H groups in total. The summed E-state index contributed by atoms with van der Waals surface area (Å²) in [6.45, 7) is 4.05. The molecule has 23 heavy (non-hydrogen) atoms. The van der Waals surface area contributed by atoms with E-state index in [1.54, 1.807) is 12.1 Å². The number of rotatable bonds is 3. The summed E-state index contributed by atoms with van der Waals surface area (Å²) < 4.78 is 0. The SMILES string of the molecule is CC1CCCN(c2ccc(C(N)=O)cc2N=C(N)N=C(N)N)C1. The van der Waals surface area contributed by atoms with Crippen LogP contribution >= 0.6 is 0 Å². The van der Waals surface area contributed by atoms with Gasteiger partial charge in [0.25, 0.3) is 0 Å².